The third-order valence-corrected chi connectivity index (χ3v) is 5.05. The summed E-state index contributed by atoms with van der Waals surface area (Å²) in [6.45, 7) is 5.13. The maximum absolute atomic E-state index is 12.9. The third kappa shape index (κ3) is 6.06. The lowest BCUT2D eigenvalue weighted by Gasteiger charge is -2.21. The zero-order valence-electron chi connectivity index (χ0n) is 19.0. The van der Waals surface area contributed by atoms with Crippen molar-refractivity contribution >= 4 is 23.5 Å². The van der Waals surface area contributed by atoms with Gasteiger partial charge in [-0.25, -0.2) is 4.79 Å². The molecule has 2 aromatic carbocycles. The van der Waals surface area contributed by atoms with E-state index in [9.17, 15) is 14.4 Å². The minimum Gasteiger partial charge on any atom is -0.465 e. The summed E-state index contributed by atoms with van der Waals surface area (Å²) in [4.78, 5) is 38.9. The number of nitrogens with zero attached hydrogens (tertiary/aromatic N) is 3. The predicted molar refractivity (Wildman–Crippen MR) is 123 cm³/mol. The van der Waals surface area contributed by atoms with Crippen molar-refractivity contribution in [3.63, 3.8) is 0 Å². The van der Waals surface area contributed by atoms with E-state index in [1.807, 2.05) is 30.3 Å². The molecule has 0 fully saturated rings. The molecule has 1 heterocycles. The summed E-state index contributed by atoms with van der Waals surface area (Å²) in [5, 5.41) is 4.46. The topological polar surface area (TPSA) is 90.7 Å². The Morgan fingerprint density at radius 2 is 1.58 bits per heavy atom. The van der Waals surface area contributed by atoms with Gasteiger partial charge in [0.1, 0.15) is 12.1 Å². The monoisotopic (exact) mass is 449 g/mol. The molecule has 0 atom stereocenters. The number of ether oxygens (including phenoxy) is 2. The molecule has 0 spiro atoms. The molecule has 3 aromatic rings. The van der Waals surface area contributed by atoms with Crippen LogP contribution in [0.1, 0.15) is 34.2 Å². The van der Waals surface area contributed by atoms with Gasteiger partial charge in [-0.1, -0.05) is 48.5 Å². The first-order chi connectivity index (χ1) is 15.9. The van der Waals surface area contributed by atoms with E-state index < -0.39 is 24.5 Å². The molecule has 1 aromatic heterocycles. The number of amides is 1. The van der Waals surface area contributed by atoms with Crippen LogP contribution in [0, 0.1) is 13.8 Å². The van der Waals surface area contributed by atoms with Crippen LogP contribution in [0.15, 0.2) is 60.7 Å². The molecule has 33 heavy (non-hydrogen) atoms. The summed E-state index contributed by atoms with van der Waals surface area (Å²) >= 11 is 0. The van der Waals surface area contributed by atoms with Crippen LogP contribution in [0.25, 0.3) is 0 Å². The molecule has 0 saturated carbocycles. The Kier molecular flexibility index (Phi) is 7.96. The molecule has 0 unspecified atom stereocenters. The molecule has 8 heteroatoms. The van der Waals surface area contributed by atoms with E-state index in [1.54, 1.807) is 55.8 Å². The molecular weight excluding hydrogens is 422 g/mol. The van der Waals surface area contributed by atoms with E-state index in [0.29, 0.717) is 29.2 Å². The van der Waals surface area contributed by atoms with Gasteiger partial charge in [0.25, 0.3) is 5.91 Å². The van der Waals surface area contributed by atoms with E-state index in [4.69, 9.17) is 9.47 Å². The van der Waals surface area contributed by atoms with Crippen LogP contribution in [-0.4, -0.2) is 47.4 Å². The van der Waals surface area contributed by atoms with Crippen LogP contribution in [0.2, 0.25) is 0 Å². The van der Waals surface area contributed by atoms with Crippen LogP contribution in [0.4, 0.5) is 5.69 Å². The van der Waals surface area contributed by atoms with Crippen molar-refractivity contribution in [1.29, 1.82) is 0 Å². The number of hydrogen-bond donors (Lipinski definition) is 0. The lowest BCUT2D eigenvalue weighted by atomic mass is 10.2. The number of anilines is 1. The number of rotatable bonds is 9. The van der Waals surface area contributed by atoms with Gasteiger partial charge in [0.15, 0.2) is 6.61 Å². The quantitative estimate of drug-likeness (QED) is 0.466. The number of para-hydroxylation sites is 1. The summed E-state index contributed by atoms with van der Waals surface area (Å²) < 4.78 is 12.0. The molecule has 1 amide bonds. The number of carbonyl (C=O) groups excluding carboxylic acids is 3. The highest BCUT2D eigenvalue weighted by molar-refractivity contribution is 6.00. The Morgan fingerprint density at radius 1 is 0.939 bits per heavy atom. The average Bonchev–Trinajstić information content (AvgIpc) is 3.09. The molecule has 0 aliphatic rings. The molecular formula is C25H27N3O5. The van der Waals surface area contributed by atoms with Gasteiger partial charge in [-0.2, -0.15) is 5.10 Å². The number of aryl methyl sites for hydroxylation is 1. The van der Waals surface area contributed by atoms with E-state index in [-0.39, 0.29) is 13.2 Å². The van der Waals surface area contributed by atoms with Gasteiger partial charge in [-0.05, 0) is 38.5 Å². The zero-order valence-corrected chi connectivity index (χ0v) is 19.0. The van der Waals surface area contributed by atoms with Gasteiger partial charge in [0, 0.05) is 5.69 Å². The summed E-state index contributed by atoms with van der Waals surface area (Å²) in [5.74, 6) is -1.72. The number of aromatic nitrogens is 2. The van der Waals surface area contributed by atoms with Crippen molar-refractivity contribution in [2.24, 2.45) is 0 Å². The highest BCUT2D eigenvalue weighted by Crippen LogP contribution is 2.17. The second-order valence-corrected chi connectivity index (χ2v) is 7.39. The van der Waals surface area contributed by atoms with Gasteiger partial charge in [-0.15, -0.1) is 0 Å². The van der Waals surface area contributed by atoms with Crippen LogP contribution >= 0.6 is 0 Å². The fourth-order valence-corrected chi connectivity index (χ4v) is 3.45. The normalized spacial score (nSPS) is 10.5. The summed E-state index contributed by atoms with van der Waals surface area (Å²) in [5.41, 5.74) is 3.06. The zero-order chi connectivity index (χ0) is 23.8. The SMILES string of the molecule is CCOC(=O)CN(C(=O)COC(=O)c1c(C)nn(Cc2ccccc2)c1C)c1ccccc1. The Balaban J connectivity index is 1.70. The lowest BCUT2D eigenvalue weighted by molar-refractivity contribution is -0.142. The van der Waals surface area contributed by atoms with Crippen LogP contribution in [0.3, 0.4) is 0 Å². The maximum Gasteiger partial charge on any atom is 0.342 e. The van der Waals surface area contributed by atoms with Crippen molar-refractivity contribution in [3.05, 3.63) is 83.2 Å². The summed E-state index contributed by atoms with van der Waals surface area (Å²) in [6, 6.07) is 18.5. The van der Waals surface area contributed by atoms with E-state index in [2.05, 4.69) is 5.10 Å². The molecule has 8 nitrogen and oxygen atoms in total. The number of carbonyl (C=O) groups is 3. The van der Waals surface area contributed by atoms with Gasteiger partial charge < -0.3 is 9.47 Å². The highest BCUT2D eigenvalue weighted by Gasteiger charge is 2.24. The molecule has 172 valence electrons. The van der Waals surface area contributed by atoms with Gasteiger partial charge in [0.2, 0.25) is 0 Å². The van der Waals surface area contributed by atoms with Gasteiger partial charge >= 0.3 is 11.9 Å². The molecule has 0 bridgehead atoms. The van der Waals surface area contributed by atoms with Crippen molar-refractivity contribution in [2.75, 3.05) is 24.7 Å². The molecule has 0 aliphatic heterocycles. The second kappa shape index (κ2) is 11.1. The van der Waals surface area contributed by atoms with Crippen molar-refractivity contribution in [1.82, 2.24) is 9.78 Å². The van der Waals surface area contributed by atoms with Gasteiger partial charge in [-0.3, -0.25) is 19.2 Å². The Labute approximate surface area is 192 Å². The fraction of sp³-hybridized carbons (Fsp3) is 0.280. The maximum atomic E-state index is 12.9. The lowest BCUT2D eigenvalue weighted by Crippen LogP contribution is -2.39. The van der Waals surface area contributed by atoms with Crippen LogP contribution in [0.5, 0.6) is 0 Å². The third-order valence-electron chi connectivity index (χ3n) is 5.05. The summed E-state index contributed by atoms with van der Waals surface area (Å²) in [7, 11) is 0. The Bertz CT molecular complexity index is 1110. The average molecular weight is 450 g/mol. The van der Waals surface area contributed by atoms with E-state index >= 15 is 0 Å². The molecule has 0 aliphatic carbocycles. The van der Waals surface area contributed by atoms with E-state index in [1.165, 1.54) is 4.90 Å². The standard InChI is InChI=1S/C25H27N3O5/c1-4-32-23(30)16-27(21-13-9-6-10-14-21)22(29)17-33-25(31)24-18(2)26-28(19(24)3)15-20-11-7-5-8-12-20/h5-14H,4,15-17H2,1-3H3. The smallest absolute Gasteiger partial charge is 0.342 e. The molecule has 3 rings (SSSR count). The first-order valence-corrected chi connectivity index (χ1v) is 10.7. The van der Waals surface area contributed by atoms with Crippen LogP contribution in [-0.2, 0) is 25.6 Å². The van der Waals surface area contributed by atoms with Crippen molar-refractivity contribution in [3.8, 4) is 0 Å². The van der Waals surface area contributed by atoms with Crippen molar-refractivity contribution in [2.45, 2.75) is 27.3 Å². The largest absolute Gasteiger partial charge is 0.465 e. The molecule has 0 radical (unpaired) electrons. The second-order valence-electron chi connectivity index (χ2n) is 7.39. The predicted octanol–water partition coefficient (Wildman–Crippen LogP) is 3.30. The highest BCUT2D eigenvalue weighted by atomic mass is 16.5. The Hall–Kier alpha value is -3.94. The summed E-state index contributed by atoms with van der Waals surface area (Å²) in [6.07, 6.45) is 0. The number of hydrogen-bond acceptors (Lipinski definition) is 6. The fourth-order valence-electron chi connectivity index (χ4n) is 3.45. The first kappa shape index (κ1) is 23.7. The number of esters is 2. The first-order valence-electron chi connectivity index (χ1n) is 10.7. The number of benzene rings is 2. The minimum absolute atomic E-state index is 0.205. The molecule has 0 N–H and O–H groups in total. The van der Waals surface area contributed by atoms with E-state index in [0.717, 1.165) is 5.56 Å². The molecule has 0 saturated heterocycles. The Morgan fingerprint density at radius 3 is 2.21 bits per heavy atom. The van der Waals surface area contributed by atoms with Crippen LogP contribution < -0.4 is 4.90 Å². The minimum atomic E-state index is -0.637. The van der Waals surface area contributed by atoms with Crippen molar-refractivity contribution < 1.29 is 23.9 Å². The van der Waals surface area contributed by atoms with Gasteiger partial charge in [0.05, 0.1) is 24.5 Å².